The fourth-order valence-electron chi connectivity index (χ4n) is 2.59. The molecule has 0 aliphatic rings. The first-order valence-corrected chi connectivity index (χ1v) is 9.87. The molecule has 3 aromatic rings. The molecule has 0 unspecified atom stereocenters. The predicted molar refractivity (Wildman–Crippen MR) is 103 cm³/mol. The summed E-state index contributed by atoms with van der Waals surface area (Å²) in [6.45, 7) is 5.88. The minimum Gasteiger partial charge on any atom is -0.269 e. The molecule has 0 saturated carbocycles. The maximum Gasteiger partial charge on any atom is 0.208 e. The van der Waals surface area contributed by atoms with Crippen molar-refractivity contribution in [1.29, 1.82) is 0 Å². The molecule has 0 aliphatic heterocycles. The number of pyridine rings is 1. The Morgan fingerprint density at radius 1 is 1.08 bits per heavy atom. The van der Waals surface area contributed by atoms with Crippen molar-refractivity contribution in [2.75, 3.05) is 0 Å². The van der Waals surface area contributed by atoms with Crippen molar-refractivity contribution in [2.24, 2.45) is 0 Å². The summed E-state index contributed by atoms with van der Waals surface area (Å²) in [7, 11) is -3.74. The average molecular weight is 367 g/mol. The van der Waals surface area contributed by atoms with Crippen molar-refractivity contribution < 1.29 is 8.42 Å². The summed E-state index contributed by atoms with van der Waals surface area (Å²) in [5.74, 6) is 0. The lowest BCUT2D eigenvalue weighted by molar-refractivity contribution is 0.531. The zero-order chi connectivity index (χ0) is 18.7. The monoisotopic (exact) mass is 367 g/mol. The van der Waals surface area contributed by atoms with Crippen molar-refractivity contribution in [3.8, 4) is 0 Å². The molecule has 2 aromatic heterocycles. The molecule has 5 nitrogen and oxygen atoms in total. The fourth-order valence-corrected chi connectivity index (χ4v) is 4.09. The van der Waals surface area contributed by atoms with Crippen LogP contribution in [0, 0.1) is 6.92 Å². The van der Waals surface area contributed by atoms with Gasteiger partial charge >= 0.3 is 0 Å². The standard InChI is InChI=1S/C20H21N3O2S/c1-15(2)23-14-16(3)20(22-23)19(13-17-9-7-8-12-21-17)26(24,25)18-10-5-4-6-11-18/h4-15H,1-3H3/b19-13+. The van der Waals surface area contributed by atoms with Crippen LogP contribution in [0.25, 0.3) is 11.0 Å². The molecule has 0 amide bonds. The van der Waals surface area contributed by atoms with Crippen LogP contribution in [0.3, 0.4) is 0 Å². The highest BCUT2D eigenvalue weighted by molar-refractivity contribution is 8.00. The minimum absolute atomic E-state index is 0.137. The molecule has 0 atom stereocenters. The van der Waals surface area contributed by atoms with Gasteiger partial charge in [-0.1, -0.05) is 24.3 Å². The van der Waals surface area contributed by atoms with Gasteiger partial charge in [0.15, 0.2) is 0 Å². The molecule has 134 valence electrons. The Balaban J connectivity index is 2.23. The second-order valence-electron chi connectivity index (χ2n) is 6.31. The third-order valence-corrected chi connectivity index (χ3v) is 5.77. The fraction of sp³-hybridized carbons (Fsp3) is 0.200. The van der Waals surface area contributed by atoms with E-state index in [1.54, 1.807) is 59.4 Å². The highest BCUT2D eigenvalue weighted by Crippen LogP contribution is 2.31. The molecule has 1 aromatic carbocycles. The van der Waals surface area contributed by atoms with E-state index >= 15 is 0 Å². The molecule has 0 aliphatic carbocycles. The number of hydrogen-bond donors (Lipinski definition) is 0. The zero-order valence-corrected chi connectivity index (χ0v) is 15.8. The Hall–Kier alpha value is -2.73. The molecule has 2 heterocycles. The summed E-state index contributed by atoms with van der Waals surface area (Å²) in [5, 5.41) is 4.54. The van der Waals surface area contributed by atoms with Gasteiger partial charge in [0.1, 0.15) is 10.6 Å². The van der Waals surface area contributed by atoms with Gasteiger partial charge in [-0.3, -0.25) is 9.67 Å². The lowest BCUT2D eigenvalue weighted by atomic mass is 10.2. The van der Waals surface area contributed by atoms with E-state index in [0.29, 0.717) is 11.4 Å². The van der Waals surface area contributed by atoms with Crippen LogP contribution in [0.2, 0.25) is 0 Å². The third kappa shape index (κ3) is 3.60. The third-order valence-electron chi connectivity index (χ3n) is 3.99. The molecule has 26 heavy (non-hydrogen) atoms. The van der Waals surface area contributed by atoms with Crippen LogP contribution in [0.4, 0.5) is 0 Å². The molecule has 0 radical (unpaired) electrons. The van der Waals surface area contributed by atoms with Gasteiger partial charge in [-0.25, -0.2) is 8.42 Å². The van der Waals surface area contributed by atoms with E-state index < -0.39 is 9.84 Å². The van der Waals surface area contributed by atoms with E-state index in [2.05, 4.69) is 10.1 Å². The number of sulfone groups is 1. The second-order valence-corrected chi connectivity index (χ2v) is 8.23. The van der Waals surface area contributed by atoms with E-state index in [1.807, 2.05) is 33.0 Å². The summed E-state index contributed by atoms with van der Waals surface area (Å²) in [4.78, 5) is 4.64. The smallest absolute Gasteiger partial charge is 0.208 e. The van der Waals surface area contributed by atoms with Crippen molar-refractivity contribution in [2.45, 2.75) is 31.7 Å². The zero-order valence-electron chi connectivity index (χ0n) is 15.0. The summed E-state index contributed by atoms with van der Waals surface area (Å²) >= 11 is 0. The first kappa shape index (κ1) is 18.1. The molecule has 0 bridgehead atoms. The largest absolute Gasteiger partial charge is 0.269 e. The van der Waals surface area contributed by atoms with Crippen LogP contribution < -0.4 is 0 Å². The molecule has 0 fully saturated rings. The molecule has 0 N–H and O–H groups in total. The van der Waals surface area contributed by atoms with E-state index in [1.165, 1.54) is 0 Å². The van der Waals surface area contributed by atoms with Crippen LogP contribution in [-0.2, 0) is 9.84 Å². The van der Waals surface area contributed by atoms with Gasteiger partial charge in [-0.15, -0.1) is 0 Å². The van der Waals surface area contributed by atoms with Gasteiger partial charge in [0, 0.05) is 18.4 Å². The number of aryl methyl sites for hydroxylation is 1. The Kier molecular flexibility index (Phi) is 5.04. The lowest BCUT2D eigenvalue weighted by Gasteiger charge is -2.09. The number of rotatable bonds is 5. The number of aromatic nitrogens is 3. The Bertz CT molecular complexity index is 1020. The van der Waals surface area contributed by atoms with Gasteiger partial charge in [-0.2, -0.15) is 5.10 Å². The molecular weight excluding hydrogens is 346 g/mol. The van der Waals surface area contributed by atoms with Crippen LogP contribution in [0.1, 0.15) is 36.8 Å². The van der Waals surface area contributed by atoms with Gasteiger partial charge in [0.05, 0.1) is 10.6 Å². The van der Waals surface area contributed by atoms with Gasteiger partial charge in [0.2, 0.25) is 9.84 Å². The van der Waals surface area contributed by atoms with Crippen molar-refractivity contribution in [3.05, 3.63) is 77.9 Å². The maximum atomic E-state index is 13.3. The van der Waals surface area contributed by atoms with Crippen LogP contribution in [0.5, 0.6) is 0 Å². The first-order chi connectivity index (χ1) is 12.4. The molecule has 0 saturated heterocycles. The second kappa shape index (κ2) is 7.25. The highest BCUT2D eigenvalue weighted by atomic mass is 32.2. The number of nitrogens with zero attached hydrogens (tertiary/aromatic N) is 3. The first-order valence-electron chi connectivity index (χ1n) is 8.38. The summed E-state index contributed by atoms with van der Waals surface area (Å²) in [5.41, 5.74) is 1.83. The SMILES string of the molecule is Cc1cn(C(C)C)nc1/C(=C\c1ccccn1)S(=O)(=O)c1ccccc1. The summed E-state index contributed by atoms with van der Waals surface area (Å²) in [6.07, 6.45) is 5.09. The molecule has 3 rings (SSSR count). The topological polar surface area (TPSA) is 64.8 Å². The van der Waals surface area contributed by atoms with Crippen LogP contribution in [-0.4, -0.2) is 23.2 Å². The lowest BCUT2D eigenvalue weighted by Crippen LogP contribution is -2.07. The number of hydrogen-bond acceptors (Lipinski definition) is 4. The predicted octanol–water partition coefficient (Wildman–Crippen LogP) is 4.14. The molecule has 6 heteroatoms. The van der Waals surface area contributed by atoms with E-state index in [-0.39, 0.29) is 15.8 Å². The Morgan fingerprint density at radius 2 is 1.77 bits per heavy atom. The summed E-state index contributed by atoms with van der Waals surface area (Å²) in [6, 6.07) is 13.9. The van der Waals surface area contributed by atoms with E-state index in [0.717, 1.165) is 5.56 Å². The van der Waals surface area contributed by atoms with Gasteiger partial charge in [0.25, 0.3) is 0 Å². The van der Waals surface area contributed by atoms with E-state index in [9.17, 15) is 8.42 Å². The van der Waals surface area contributed by atoms with Crippen molar-refractivity contribution >= 4 is 20.8 Å². The van der Waals surface area contributed by atoms with Crippen molar-refractivity contribution in [1.82, 2.24) is 14.8 Å². The number of benzene rings is 1. The normalized spacial score (nSPS) is 12.5. The highest BCUT2D eigenvalue weighted by Gasteiger charge is 2.26. The molecule has 0 spiro atoms. The van der Waals surface area contributed by atoms with Crippen molar-refractivity contribution in [3.63, 3.8) is 0 Å². The van der Waals surface area contributed by atoms with Gasteiger partial charge in [-0.05, 0) is 56.7 Å². The van der Waals surface area contributed by atoms with E-state index in [4.69, 9.17) is 0 Å². The Morgan fingerprint density at radius 3 is 2.35 bits per heavy atom. The average Bonchev–Trinajstić information content (AvgIpc) is 3.03. The van der Waals surface area contributed by atoms with Gasteiger partial charge < -0.3 is 0 Å². The maximum absolute atomic E-state index is 13.3. The van der Waals surface area contributed by atoms with Crippen LogP contribution >= 0.6 is 0 Å². The molecular formula is C20H21N3O2S. The minimum atomic E-state index is -3.74. The summed E-state index contributed by atoms with van der Waals surface area (Å²) < 4.78 is 28.4. The van der Waals surface area contributed by atoms with Crippen LogP contribution in [0.15, 0.2) is 65.8 Å². The quantitative estimate of drug-likeness (QED) is 0.680. The Labute approximate surface area is 153 Å².